The molecule has 1 N–H and O–H groups in total. The van der Waals surface area contributed by atoms with Gasteiger partial charge in [-0.2, -0.15) is 0 Å². The van der Waals surface area contributed by atoms with E-state index in [1.54, 1.807) is 50.6 Å². The molecule has 2 aromatic rings. The van der Waals surface area contributed by atoms with Crippen LogP contribution in [0, 0.1) is 0 Å². The van der Waals surface area contributed by atoms with E-state index in [1.165, 1.54) is 0 Å². The first-order chi connectivity index (χ1) is 23.2. The van der Waals surface area contributed by atoms with Crippen molar-refractivity contribution in [2.24, 2.45) is 0 Å². The Morgan fingerprint density at radius 2 is 1.14 bits per heavy atom. The summed E-state index contributed by atoms with van der Waals surface area (Å²) in [5.41, 5.74) is -0.233. The number of rotatable bonds is 5. The summed E-state index contributed by atoms with van der Waals surface area (Å²) >= 11 is 5.16. The third-order valence-electron chi connectivity index (χ3n) is 9.87. The highest BCUT2D eigenvalue weighted by molar-refractivity contribution is 6.67. The van der Waals surface area contributed by atoms with Crippen molar-refractivity contribution in [3.8, 4) is 0 Å². The maximum absolute atomic E-state index is 12.4. The monoisotopic (exact) mass is 736 g/mol. The van der Waals surface area contributed by atoms with Gasteiger partial charge in [0.15, 0.2) is 24.2 Å². The van der Waals surface area contributed by atoms with Gasteiger partial charge in [0.05, 0.1) is 11.7 Å². The summed E-state index contributed by atoms with van der Waals surface area (Å²) in [4.78, 5) is 22.8. The van der Waals surface area contributed by atoms with Gasteiger partial charge < -0.3 is 47.7 Å². The second-order valence-corrected chi connectivity index (χ2v) is 14.2. The number of hydrogen-bond acceptors (Lipinski definition) is 12. The van der Waals surface area contributed by atoms with Crippen molar-refractivity contribution in [2.75, 3.05) is 14.2 Å². The molecule has 51 heavy (non-hydrogen) atoms. The van der Waals surface area contributed by atoms with E-state index < -0.39 is 46.7 Å². The highest BCUT2D eigenvalue weighted by Gasteiger charge is 2.71. The number of methoxy groups -OCH3 is 2. The van der Waals surface area contributed by atoms with Crippen LogP contribution in [-0.2, 0) is 42.6 Å². The van der Waals surface area contributed by atoms with Crippen LogP contribution in [0.15, 0.2) is 60.7 Å². The molecule has 13 heteroatoms. The van der Waals surface area contributed by atoms with Gasteiger partial charge in [-0.1, -0.05) is 63.4 Å². The second kappa shape index (κ2) is 15.9. The van der Waals surface area contributed by atoms with Gasteiger partial charge in [-0.05, 0) is 77.1 Å². The van der Waals surface area contributed by atoms with Crippen LogP contribution in [0.2, 0.25) is 0 Å². The van der Waals surface area contributed by atoms with Crippen molar-refractivity contribution in [3.05, 3.63) is 71.8 Å². The summed E-state index contributed by atoms with van der Waals surface area (Å²) in [6.45, 7) is 7.48. The third kappa shape index (κ3) is 7.91. The number of carbonyl (C=O) groups excluding carboxylic acids is 2. The Kier molecular flexibility index (Phi) is 12.8. The summed E-state index contributed by atoms with van der Waals surface area (Å²) in [5.74, 6) is -1.68. The molecule has 8 rings (SSSR count). The van der Waals surface area contributed by atoms with E-state index in [0.717, 1.165) is 25.7 Å². The fraction of sp³-hybridized carbons (Fsp3) is 0.632. The maximum atomic E-state index is 12.4. The molecule has 4 heterocycles. The SMILES string of the molecule is C.C.CO[C@@H]1O[C@@]2(CC[C@H]2O)[C@@H]2OC(C)(C)OC12.CO[C@@H]1O[C@@]2(CC[C@H]2OC(=O)c2ccccc2)[C@@H]2OC(C)(C)OC12.O=C(Cl)c1ccccc1. The number of carbonyl (C=O) groups is 2. The second-order valence-electron chi connectivity index (χ2n) is 13.9. The van der Waals surface area contributed by atoms with E-state index in [-0.39, 0.29) is 51.3 Å². The largest absolute Gasteiger partial charge is 0.456 e. The Morgan fingerprint density at radius 1 is 0.686 bits per heavy atom. The minimum atomic E-state index is -0.702. The van der Waals surface area contributed by atoms with Gasteiger partial charge >= 0.3 is 5.97 Å². The van der Waals surface area contributed by atoms with Crippen LogP contribution in [0.5, 0.6) is 0 Å². The molecular formula is C38H53ClO12. The van der Waals surface area contributed by atoms with Crippen LogP contribution in [0.1, 0.15) is 88.9 Å². The van der Waals surface area contributed by atoms with Gasteiger partial charge in [-0.3, -0.25) is 4.79 Å². The Labute approximate surface area is 305 Å². The van der Waals surface area contributed by atoms with Crippen LogP contribution in [0.25, 0.3) is 0 Å². The molecule has 0 amide bonds. The number of fused-ring (bicyclic) bond motifs is 4. The van der Waals surface area contributed by atoms with E-state index in [1.807, 2.05) is 52.0 Å². The molecule has 0 bridgehead atoms. The number of ether oxygens (including phenoxy) is 9. The van der Waals surface area contributed by atoms with Gasteiger partial charge in [-0.15, -0.1) is 0 Å². The van der Waals surface area contributed by atoms with Gasteiger partial charge in [0, 0.05) is 19.8 Å². The fourth-order valence-corrected chi connectivity index (χ4v) is 7.46. The van der Waals surface area contributed by atoms with Crippen LogP contribution >= 0.6 is 11.6 Å². The smallest absolute Gasteiger partial charge is 0.338 e. The lowest BCUT2D eigenvalue weighted by molar-refractivity contribution is -0.289. The highest BCUT2D eigenvalue weighted by Crippen LogP contribution is 2.55. The quantitative estimate of drug-likeness (QED) is 0.284. The van der Waals surface area contributed by atoms with E-state index in [0.29, 0.717) is 11.1 Å². The number of hydrogen-bond donors (Lipinski definition) is 1. The molecule has 2 spiro atoms. The van der Waals surface area contributed by atoms with Gasteiger partial charge in [-0.25, -0.2) is 4.79 Å². The van der Waals surface area contributed by atoms with Gasteiger partial charge in [0.2, 0.25) is 0 Å². The lowest BCUT2D eigenvalue weighted by atomic mass is 9.72. The molecule has 284 valence electrons. The van der Waals surface area contributed by atoms with E-state index in [9.17, 15) is 14.7 Å². The molecule has 2 saturated carbocycles. The standard InChI is InChI=1S/C18H22O6.C11H18O5.C7H5ClO.2CH4/c1-17(2)22-13-14(23-17)18(24-16(13)20-3)10-9-12(18)21-15(19)11-7-5-4-6-8-11;1-10(2)14-7-8(15-10)11(5-4-6(11)12)16-9(7)13-3;8-7(9)6-4-2-1-3-5-6;;/h4-8,12-14,16H,9-10H2,1-3H3;6-9,12H,4-5H2,1-3H3;1-5H;2*1H4/t12-,13?,14-,16-,18-;6-,7?,8-,9-,11-;;;/m11.../s1. The summed E-state index contributed by atoms with van der Waals surface area (Å²) in [6, 6.07) is 17.7. The number of aliphatic hydroxyl groups excluding tert-OH is 1. The number of benzene rings is 2. The lowest BCUT2D eigenvalue weighted by Gasteiger charge is -2.47. The van der Waals surface area contributed by atoms with E-state index >= 15 is 0 Å². The van der Waals surface area contributed by atoms with Crippen molar-refractivity contribution in [3.63, 3.8) is 0 Å². The van der Waals surface area contributed by atoms with E-state index in [4.69, 9.17) is 54.2 Å². The first-order valence-electron chi connectivity index (χ1n) is 16.6. The van der Waals surface area contributed by atoms with Crippen molar-refractivity contribution in [1.82, 2.24) is 0 Å². The summed E-state index contributed by atoms with van der Waals surface area (Å²) in [6.07, 6.45) is 0.152. The zero-order chi connectivity index (χ0) is 35.2. The first kappa shape index (κ1) is 41.3. The van der Waals surface area contributed by atoms with Crippen LogP contribution in [0.3, 0.4) is 0 Å². The van der Waals surface area contributed by atoms with Crippen LogP contribution < -0.4 is 0 Å². The van der Waals surface area contributed by atoms with Crippen molar-refractivity contribution in [1.29, 1.82) is 0 Å². The molecule has 0 aromatic heterocycles. The molecule has 0 radical (unpaired) electrons. The van der Waals surface area contributed by atoms with Crippen LogP contribution in [-0.4, -0.2) is 103 Å². The summed E-state index contributed by atoms with van der Waals surface area (Å²) in [7, 11) is 3.17. The zero-order valence-electron chi connectivity index (χ0n) is 28.5. The number of esters is 1. The molecule has 6 fully saturated rings. The number of aliphatic hydroxyl groups is 1. The molecule has 4 aliphatic heterocycles. The molecule has 2 aromatic carbocycles. The Balaban J connectivity index is 0.000000187. The molecule has 12 nitrogen and oxygen atoms in total. The predicted octanol–water partition coefficient (Wildman–Crippen LogP) is 6.01. The van der Waals surface area contributed by atoms with E-state index in [2.05, 4.69) is 0 Å². The maximum Gasteiger partial charge on any atom is 0.338 e. The van der Waals surface area contributed by atoms with Gasteiger partial charge in [0.25, 0.3) is 5.24 Å². The molecule has 2 aliphatic carbocycles. The Morgan fingerprint density at radius 3 is 1.51 bits per heavy atom. The Hall–Kier alpha value is -2.49. The third-order valence-corrected chi connectivity index (χ3v) is 10.1. The molecule has 2 unspecified atom stereocenters. The number of halogens is 1. The van der Waals surface area contributed by atoms with Crippen molar-refractivity contribution < 1.29 is 57.3 Å². The normalized spacial score (nSPS) is 37.1. The molecule has 6 aliphatic rings. The average Bonchev–Trinajstić information content (AvgIpc) is 3.78. The molecule has 10 atom stereocenters. The lowest BCUT2D eigenvalue weighted by Crippen LogP contribution is -2.61. The fourth-order valence-electron chi connectivity index (χ4n) is 7.33. The summed E-state index contributed by atoms with van der Waals surface area (Å²) < 4.78 is 51.9. The molecular weight excluding hydrogens is 684 g/mol. The first-order valence-corrected chi connectivity index (χ1v) is 16.9. The zero-order valence-corrected chi connectivity index (χ0v) is 29.3. The highest BCUT2D eigenvalue weighted by atomic mass is 35.5. The Bertz CT molecular complexity index is 1470. The van der Waals surface area contributed by atoms with Crippen molar-refractivity contribution in [2.45, 2.75) is 140 Å². The van der Waals surface area contributed by atoms with Crippen LogP contribution in [0.4, 0.5) is 0 Å². The average molecular weight is 737 g/mol. The molecule has 4 saturated heterocycles. The summed E-state index contributed by atoms with van der Waals surface area (Å²) in [5, 5.41) is 9.51. The van der Waals surface area contributed by atoms with Crippen molar-refractivity contribution >= 4 is 22.8 Å². The minimum absolute atomic E-state index is 0. The minimum Gasteiger partial charge on any atom is -0.456 e. The predicted molar refractivity (Wildman–Crippen MR) is 187 cm³/mol. The topological polar surface area (TPSA) is 137 Å². The van der Waals surface area contributed by atoms with Gasteiger partial charge in [0.1, 0.15) is 41.7 Å².